The fourth-order valence-electron chi connectivity index (χ4n) is 6.06. The average molecular weight is 461 g/mol. The molecule has 2 heterocycles. The Hall–Kier alpha value is -3.02. The fraction of sp³-hybridized carbons (Fsp3) is 0.429. The lowest BCUT2D eigenvalue weighted by atomic mass is 9.68. The van der Waals surface area contributed by atoms with Crippen LogP contribution in [0.2, 0.25) is 0 Å². The molecule has 3 saturated carbocycles. The zero-order valence-electron chi connectivity index (χ0n) is 19.9. The Morgan fingerprint density at radius 1 is 1.00 bits per heavy atom. The Morgan fingerprint density at radius 3 is 2.50 bits per heavy atom. The third-order valence-corrected chi connectivity index (χ3v) is 7.85. The summed E-state index contributed by atoms with van der Waals surface area (Å²) in [6.45, 7) is 6.52. The average Bonchev–Trinajstić information content (AvgIpc) is 3.23. The van der Waals surface area contributed by atoms with Crippen LogP contribution in [-0.2, 0) is 5.41 Å². The van der Waals surface area contributed by atoms with Crippen LogP contribution in [0.1, 0.15) is 58.4 Å². The van der Waals surface area contributed by atoms with Crippen LogP contribution in [0.15, 0.2) is 36.5 Å². The van der Waals surface area contributed by atoms with Crippen LogP contribution in [0.4, 0.5) is 14.6 Å². The maximum Gasteiger partial charge on any atom is 0.164 e. The van der Waals surface area contributed by atoms with Crippen molar-refractivity contribution in [3.05, 3.63) is 53.7 Å². The zero-order valence-corrected chi connectivity index (χ0v) is 19.9. The van der Waals surface area contributed by atoms with Gasteiger partial charge < -0.3 is 10.3 Å². The first-order chi connectivity index (χ1) is 16.3. The van der Waals surface area contributed by atoms with Gasteiger partial charge in [0.15, 0.2) is 5.82 Å². The van der Waals surface area contributed by atoms with Crippen LogP contribution in [0, 0.1) is 23.5 Å². The number of H-pyrrole nitrogens is 1. The summed E-state index contributed by atoms with van der Waals surface area (Å²) in [5.74, 6) is 1.52. The number of hydrogen-bond donors (Lipinski definition) is 2. The van der Waals surface area contributed by atoms with Gasteiger partial charge in [0.25, 0.3) is 0 Å². The molecule has 0 radical (unpaired) electrons. The highest BCUT2D eigenvalue weighted by Gasteiger charge is 2.36. The predicted octanol–water partition coefficient (Wildman–Crippen LogP) is 7.34. The van der Waals surface area contributed by atoms with E-state index < -0.39 is 11.6 Å². The van der Waals surface area contributed by atoms with Gasteiger partial charge in [-0.05, 0) is 54.2 Å². The zero-order chi connectivity index (χ0) is 23.6. The number of halogens is 2. The molecule has 34 heavy (non-hydrogen) atoms. The van der Waals surface area contributed by atoms with E-state index in [1.165, 1.54) is 38.2 Å². The van der Waals surface area contributed by atoms with Crippen molar-refractivity contribution in [3.8, 4) is 11.4 Å². The third-order valence-electron chi connectivity index (χ3n) is 7.85. The van der Waals surface area contributed by atoms with Gasteiger partial charge in [-0.15, -0.1) is 0 Å². The van der Waals surface area contributed by atoms with Crippen molar-refractivity contribution in [2.45, 2.75) is 64.3 Å². The minimum atomic E-state index is -0.617. The lowest BCUT2D eigenvalue weighted by Crippen LogP contribution is -2.40. The predicted molar refractivity (Wildman–Crippen MR) is 133 cm³/mol. The summed E-state index contributed by atoms with van der Waals surface area (Å²) in [6, 6.07) is 8.90. The monoisotopic (exact) mass is 460 g/mol. The van der Waals surface area contributed by atoms with Gasteiger partial charge in [0.2, 0.25) is 0 Å². The molecule has 1 atom stereocenters. The van der Waals surface area contributed by atoms with Crippen molar-refractivity contribution < 1.29 is 8.78 Å². The number of anilines is 1. The van der Waals surface area contributed by atoms with Crippen molar-refractivity contribution in [2.24, 2.45) is 11.8 Å². The third kappa shape index (κ3) is 3.55. The highest BCUT2D eigenvalue weighted by Crippen LogP contribution is 2.43. The van der Waals surface area contributed by atoms with Crippen molar-refractivity contribution in [1.82, 2.24) is 15.0 Å². The molecule has 0 aliphatic heterocycles. The second-order valence-corrected chi connectivity index (χ2v) is 11.1. The van der Waals surface area contributed by atoms with Crippen molar-refractivity contribution in [1.29, 1.82) is 0 Å². The molecule has 2 aromatic heterocycles. The van der Waals surface area contributed by atoms with E-state index in [1.807, 2.05) is 0 Å². The molecule has 4 aromatic rings. The molecule has 0 saturated heterocycles. The number of rotatable bonds is 3. The molecule has 3 aliphatic rings. The van der Waals surface area contributed by atoms with Crippen molar-refractivity contribution in [2.75, 3.05) is 5.32 Å². The molecule has 4 nitrogen and oxygen atoms in total. The fourth-order valence-corrected chi connectivity index (χ4v) is 6.06. The molecule has 6 heteroatoms. The summed E-state index contributed by atoms with van der Waals surface area (Å²) in [5.41, 5.74) is 2.76. The highest BCUT2D eigenvalue weighted by molar-refractivity contribution is 5.98. The van der Waals surface area contributed by atoms with Gasteiger partial charge in [-0.1, -0.05) is 45.7 Å². The largest absolute Gasteiger partial charge is 0.366 e. The van der Waals surface area contributed by atoms with Crippen LogP contribution >= 0.6 is 0 Å². The number of hydrogen-bond acceptors (Lipinski definition) is 3. The van der Waals surface area contributed by atoms with Gasteiger partial charge in [-0.2, -0.15) is 0 Å². The first kappa shape index (κ1) is 21.5. The summed E-state index contributed by atoms with van der Waals surface area (Å²) in [5, 5.41) is 5.24. The van der Waals surface area contributed by atoms with Crippen LogP contribution in [0.5, 0.6) is 0 Å². The molecule has 0 spiro atoms. The minimum absolute atomic E-state index is 0.120. The normalized spacial score (nSPS) is 22.6. The number of para-hydroxylation sites is 1. The maximum atomic E-state index is 14.4. The number of aromatic nitrogens is 3. The summed E-state index contributed by atoms with van der Waals surface area (Å²) in [7, 11) is 0. The Labute approximate surface area is 198 Å². The SMILES string of the molecule is CC(C)(C)c1cccc2c(N[C@@H]3CC4CCC3CC4)nc(-c3c[nH]c4c(F)cc(F)cc34)nc12. The summed E-state index contributed by atoms with van der Waals surface area (Å²) in [6.07, 6.45) is 8.06. The molecule has 0 amide bonds. The first-order valence-corrected chi connectivity index (χ1v) is 12.3. The Morgan fingerprint density at radius 2 is 1.79 bits per heavy atom. The van der Waals surface area contributed by atoms with E-state index in [1.54, 1.807) is 6.20 Å². The second-order valence-electron chi connectivity index (χ2n) is 11.1. The van der Waals surface area contributed by atoms with E-state index in [4.69, 9.17) is 9.97 Å². The number of aromatic amines is 1. The van der Waals surface area contributed by atoms with Gasteiger partial charge in [-0.25, -0.2) is 18.7 Å². The number of nitrogens with one attached hydrogen (secondary N) is 2. The van der Waals surface area contributed by atoms with E-state index in [-0.39, 0.29) is 10.9 Å². The van der Waals surface area contributed by atoms with Gasteiger partial charge in [0.1, 0.15) is 17.5 Å². The van der Waals surface area contributed by atoms with Crippen molar-refractivity contribution in [3.63, 3.8) is 0 Å². The second kappa shape index (κ2) is 7.76. The maximum absolute atomic E-state index is 14.4. The number of fused-ring (bicyclic) bond motifs is 5. The Balaban J connectivity index is 1.55. The van der Waals surface area contributed by atoms with Crippen LogP contribution in [0.3, 0.4) is 0 Å². The summed E-state index contributed by atoms with van der Waals surface area (Å²) in [4.78, 5) is 12.9. The van der Waals surface area contributed by atoms with Crippen LogP contribution in [0.25, 0.3) is 33.2 Å². The minimum Gasteiger partial charge on any atom is -0.366 e. The summed E-state index contributed by atoms with van der Waals surface area (Å²) >= 11 is 0. The molecular weight excluding hydrogens is 430 g/mol. The van der Waals surface area contributed by atoms with Gasteiger partial charge >= 0.3 is 0 Å². The topological polar surface area (TPSA) is 53.6 Å². The lowest BCUT2D eigenvalue weighted by molar-refractivity contribution is 0.157. The van der Waals surface area contributed by atoms with E-state index in [0.29, 0.717) is 28.7 Å². The van der Waals surface area contributed by atoms with E-state index in [2.05, 4.69) is 49.3 Å². The molecule has 0 unspecified atom stereocenters. The number of nitrogens with zero attached hydrogens (tertiary/aromatic N) is 2. The molecule has 176 valence electrons. The standard InChI is InChI=1S/C28H30F2N4/c1-28(2,3)21-6-4-5-18-24(21)33-27(20-14-31-25-19(20)12-17(29)13-22(25)30)34-26(18)32-23-11-15-7-9-16(23)10-8-15/h4-6,12-16,23,31H,7-11H2,1-3H3,(H,32,33,34)/t15?,16?,23-/m1/s1. The molecule has 3 fully saturated rings. The molecular formula is C28H30F2N4. The first-order valence-electron chi connectivity index (χ1n) is 12.3. The summed E-state index contributed by atoms with van der Waals surface area (Å²) < 4.78 is 28.5. The molecule has 3 aliphatic carbocycles. The molecule has 2 N–H and O–H groups in total. The van der Waals surface area contributed by atoms with Gasteiger partial charge in [0.05, 0.1) is 11.0 Å². The molecule has 2 bridgehead atoms. The van der Waals surface area contributed by atoms with Crippen LogP contribution in [-0.4, -0.2) is 21.0 Å². The lowest BCUT2D eigenvalue weighted by Gasteiger charge is -2.43. The van der Waals surface area contributed by atoms with Crippen molar-refractivity contribution >= 4 is 27.6 Å². The molecule has 7 rings (SSSR count). The Kier molecular flexibility index (Phi) is 4.91. The van der Waals surface area contributed by atoms with E-state index >= 15 is 0 Å². The molecule has 2 aromatic carbocycles. The number of benzene rings is 2. The van der Waals surface area contributed by atoms with E-state index in [0.717, 1.165) is 34.3 Å². The van der Waals surface area contributed by atoms with Gasteiger partial charge in [0, 0.05) is 34.6 Å². The van der Waals surface area contributed by atoms with Gasteiger partial charge in [-0.3, -0.25) is 0 Å². The van der Waals surface area contributed by atoms with E-state index in [9.17, 15) is 8.78 Å². The smallest absolute Gasteiger partial charge is 0.164 e. The highest BCUT2D eigenvalue weighted by atomic mass is 19.1. The Bertz CT molecular complexity index is 1390. The van der Waals surface area contributed by atoms with Crippen LogP contribution < -0.4 is 5.32 Å². The quantitative estimate of drug-likeness (QED) is 0.336.